The minimum Gasteiger partial charge on any atom is -0.490 e. The highest BCUT2D eigenvalue weighted by Crippen LogP contribution is 2.44. The first-order valence-electron chi connectivity index (χ1n) is 11.1. The summed E-state index contributed by atoms with van der Waals surface area (Å²) < 4.78 is 80.8. The maximum atomic E-state index is 14.1. The summed E-state index contributed by atoms with van der Waals surface area (Å²) in [4.78, 5) is 11.5. The first kappa shape index (κ1) is 23.6. The van der Waals surface area contributed by atoms with E-state index in [0.717, 1.165) is 0 Å². The molecule has 2 aromatic carbocycles. The highest BCUT2D eigenvalue weighted by Gasteiger charge is 2.42. The Kier molecular flexibility index (Phi) is 5.95. The van der Waals surface area contributed by atoms with Crippen LogP contribution >= 0.6 is 0 Å². The number of carbonyl (C=O) groups excluding carboxylic acids is 1. The van der Waals surface area contributed by atoms with Crippen LogP contribution in [0.5, 0.6) is 5.75 Å². The maximum absolute atomic E-state index is 14.1. The first-order valence-corrected chi connectivity index (χ1v) is 11.1. The van der Waals surface area contributed by atoms with Gasteiger partial charge in [0.2, 0.25) is 0 Å². The van der Waals surface area contributed by atoms with Crippen molar-refractivity contribution in [2.45, 2.75) is 69.7 Å². The zero-order chi connectivity index (χ0) is 24.0. The van der Waals surface area contributed by atoms with Gasteiger partial charge in [-0.15, -0.1) is 0 Å². The van der Waals surface area contributed by atoms with Crippen LogP contribution < -0.4 is 10.1 Å². The third kappa shape index (κ3) is 4.59. The number of hydrogen-bond donors (Lipinski definition) is 1. The summed E-state index contributed by atoms with van der Waals surface area (Å²) in [6.45, 7) is 3.25. The molecule has 2 fully saturated rings. The van der Waals surface area contributed by atoms with E-state index in [2.05, 4.69) is 5.32 Å². The van der Waals surface area contributed by atoms with E-state index in [4.69, 9.17) is 9.47 Å². The van der Waals surface area contributed by atoms with E-state index < -0.39 is 41.3 Å². The van der Waals surface area contributed by atoms with Crippen LogP contribution in [0.15, 0.2) is 30.3 Å². The summed E-state index contributed by atoms with van der Waals surface area (Å²) in [6, 6.07) is 7.33. The second kappa shape index (κ2) is 8.33. The Morgan fingerprint density at radius 1 is 1.09 bits per heavy atom. The lowest BCUT2D eigenvalue weighted by Crippen LogP contribution is -2.37. The van der Waals surface area contributed by atoms with E-state index in [9.17, 15) is 26.7 Å². The van der Waals surface area contributed by atoms with Crippen LogP contribution in [-0.2, 0) is 16.5 Å². The topological polar surface area (TPSA) is 47.6 Å². The van der Waals surface area contributed by atoms with E-state index >= 15 is 0 Å². The molecule has 0 radical (unpaired) electrons. The van der Waals surface area contributed by atoms with Crippen molar-refractivity contribution in [3.63, 3.8) is 0 Å². The zero-order valence-electron chi connectivity index (χ0n) is 18.4. The molecule has 9 heteroatoms. The predicted octanol–water partition coefficient (Wildman–Crippen LogP) is 6.80. The molecular weight excluding hydrogens is 445 g/mol. The van der Waals surface area contributed by atoms with Crippen LogP contribution in [-0.4, -0.2) is 24.7 Å². The Labute approximate surface area is 188 Å². The normalized spacial score (nSPS) is 26.2. The van der Waals surface area contributed by atoms with Crippen molar-refractivity contribution in [2.75, 3.05) is 6.61 Å². The first-order chi connectivity index (χ1) is 15.4. The largest absolute Gasteiger partial charge is 0.490 e. The average Bonchev–Trinajstić information content (AvgIpc) is 3.12. The Morgan fingerprint density at radius 3 is 2.36 bits per heavy atom. The molecule has 1 aliphatic carbocycles. The SMILES string of the molecule is CCC(F)(F)[C@H]1CC[C@H](Oc2ccc3cc([C@]4(C)COC(=O)N4)ccc3c2C(F)(F)F)CC1. The number of benzene rings is 2. The minimum atomic E-state index is -4.67. The number of ether oxygens (including phenoxy) is 2. The maximum Gasteiger partial charge on any atom is 0.420 e. The fourth-order valence-corrected chi connectivity index (χ4v) is 4.78. The van der Waals surface area contributed by atoms with Gasteiger partial charge in [-0.3, -0.25) is 0 Å². The lowest BCUT2D eigenvalue weighted by atomic mass is 9.82. The van der Waals surface area contributed by atoms with E-state index in [1.807, 2.05) is 0 Å². The smallest absolute Gasteiger partial charge is 0.420 e. The number of carbonyl (C=O) groups is 1. The van der Waals surface area contributed by atoms with Gasteiger partial charge < -0.3 is 14.8 Å². The summed E-state index contributed by atoms with van der Waals surface area (Å²) in [5.41, 5.74) is -1.10. The summed E-state index contributed by atoms with van der Waals surface area (Å²) in [5.74, 6) is -3.82. The summed E-state index contributed by atoms with van der Waals surface area (Å²) in [7, 11) is 0. The standard InChI is InChI=1S/C24H26F5NO3/c1-3-23(25,26)15-5-8-17(9-6-15)33-19-11-4-14-12-16(22(2)13-32-21(31)30-22)7-10-18(14)20(19)24(27,28)29/h4,7,10-12,15,17H,3,5-6,8-9,13H2,1-2H3,(H,30,31)/t15-,17-,22-/m0/s1. The molecule has 2 aromatic rings. The van der Waals surface area contributed by atoms with E-state index in [-0.39, 0.29) is 49.8 Å². The third-order valence-electron chi connectivity index (χ3n) is 6.81. The zero-order valence-corrected chi connectivity index (χ0v) is 18.4. The lowest BCUT2D eigenvalue weighted by molar-refractivity contribution is -0.138. The third-order valence-corrected chi connectivity index (χ3v) is 6.81. The number of alkyl halides is 5. The molecule has 1 saturated heterocycles. The van der Waals surface area contributed by atoms with Crippen LogP contribution in [0.25, 0.3) is 10.8 Å². The molecule has 1 amide bonds. The summed E-state index contributed by atoms with van der Waals surface area (Å²) >= 11 is 0. The number of cyclic esters (lactones) is 1. The van der Waals surface area contributed by atoms with E-state index in [1.165, 1.54) is 25.1 Å². The quantitative estimate of drug-likeness (QED) is 0.488. The number of nitrogens with one attached hydrogen (secondary N) is 1. The molecule has 1 atom stereocenters. The molecule has 1 N–H and O–H groups in total. The van der Waals surface area contributed by atoms with Crippen LogP contribution in [0.4, 0.5) is 26.7 Å². The Balaban J connectivity index is 1.61. The van der Waals surface area contributed by atoms with Gasteiger partial charge in [0, 0.05) is 12.3 Å². The molecule has 0 aromatic heterocycles. The molecule has 1 heterocycles. The Bertz CT molecular complexity index is 1050. The highest BCUT2D eigenvalue weighted by molar-refractivity contribution is 5.89. The number of hydrogen-bond acceptors (Lipinski definition) is 3. The monoisotopic (exact) mass is 471 g/mol. The van der Waals surface area contributed by atoms with Gasteiger partial charge in [-0.05, 0) is 61.1 Å². The summed E-state index contributed by atoms with van der Waals surface area (Å²) in [5, 5.41) is 3.00. The number of rotatable bonds is 5. The molecule has 2 aliphatic rings. The number of amides is 1. The van der Waals surface area contributed by atoms with E-state index in [1.54, 1.807) is 19.1 Å². The minimum absolute atomic E-state index is 0.0243. The Hall–Kier alpha value is -2.58. The van der Waals surface area contributed by atoms with Gasteiger partial charge in [0.25, 0.3) is 5.92 Å². The average molecular weight is 471 g/mol. The molecule has 180 valence electrons. The van der Waals surface area contributed by atoms with Gasteiger partial charge in [0.1, 0.15) is 17.9 Å². The molecule has 0 unspecified atom stereocenters. The number of alkyl carbamates (subject to hydrolysis) is 1. The van der Waals surface area contributed by atoms with Crippen molar-refractivity contribution in [1.82, 2.24) is 5.32 Å². The fraction of sp³-hybridized carbons (Fsp3) is 0.542. The Morgan fingerprint density at radius 2 is 1.79 bits per heavy atom. The van der Waals surface area contributed by atoms with Crippen molar-refractivity contribution < 1.29 is 36.2 Å². The van der Waals surface area contributed by atoms with Gasteiger partial charge in [-0.25, -0.2) is 13.6 Å². The predicted molar refractivity (Wildman–Crippen MR) is 112 cm³/mol. The van der Waals surface area contributed by atoms with Crippen LogP contribution in [0.3, 0.4) is 0 Å². The van der Waals surface area contributed by atoms with Crippen molar-refractivity contribution in [3.8, 4) is 5.75 Å². The lowest BCUT2D eigenvalue weighted by Gasteiger charge is -2.33. The molecule has 0 bridgehead atoms. The molecule has 4 nitrogen and oxygen atoms in total. The number of halogens is 5. The van der Waals surface area contributed by atoms with E-state index in [0.29, 0.717) is 10.9 Å². The number of fused-ring (bicyclic) bond motifs is 1. The van der Waals surface area contributed by atoms with Crippen molar-refractivity contribution >= 4 is 16.9 Å². The van der Waals surface area contributed by atoms with Gasteiger partial charge in [-0.2, -0.15) is 13.2 Å². The molecule has 1 saturated carbocycles. The molecule has 33 heavy (non-hydrogen) atoms. The van der Waals surface area contributed by atoms with Crippen molar-refractivity contribution in [3.05, 3.63) is 41.5 Å². The van der Waals surface area contributed by atoms with Gasteiger partial charge in [0.05, 0.1) is 11.6 Å². The van der Waals surface area contributed by atoms with Crippen LogP contribution in [0.1, 0.15) is 57.1 Å². The summed E-state index contributed by atoms with van der Waals surface area (Å²) in [6.07, 6.45) is -5.04. The molecule has 4 rings (SSSR count). The van der Waals surface area contributed by atoms with Crippen LogP contribution in [0.2, 0.25) is 0 Å². The second-order valence-electron chi connectivity index (χ2n) is 9.11. The van der Waals surface area contributed by atoms with Crippen molar-refractivity contribution in [2.24, 2.45) is 5.92 Å². The highest BCUT2D eigenvalue weighted by atomic mass is 19.4. The molecular formula is C24H26F5NO3. The molecule has 0 spiro atoms. The van der Waals surface area contributed by atoms with Crippen molar-refractivity contribution in [1.29, 1.82) is 0 Å². The van der Waals surface area contributed by atoms with Gasteiger partial charge >= 0.3 is 12.3 Å². The van der Waals surface area contributed by atoms with Gasteiger partial charge in [-0.1, -0.05) is 25.1 Å². The van der Waals surface area contributed by atoms with Gasteiger partial charge in [0.15, 0.2) is 0 Å². The second-order valence-corrected chi connectivity index (χ2v) is 9.11. The molecule has 1 aliphatic heterocycles. The van der Waals surface area contributed by atoms with Crippen LogP contribution in [0, 0.1) is 5.92 Å². The fourth-order valence-electron chi connectivity index (χ4n) is 4.78.